The molecule has 2 aliphatic rings. The highest BCUT2D eigenvalue weighted by atomic mass is 19.1. The molecule has 7 nitrogen and oxygen atoms in total. The third-order valence-electron chi connectivity index (χ3n) is 6.07. The smallest absolute Gasteiger partial charge is 0.191 e. The molecule has 0 amide bonds. The van der Waals surface area contributed by atoms with E-state index < -0.39 is 0 Å². The van der Waals surface area contributed by atoms with Gasteiger partial charge in [-0.1, -0.05) is 18.9 Å². The van der Waals surface area contributed by atoms with Crippen molar-refractivity contribution in [1.29, 1.82) is 0 Å². The molecule has 1 atom stereocenters. The lowest BCUT2D eigenvalue weighted by Crippen LogP contribution is -2.44. The first-order valence-corrected chi connectivity index (χ1v) is 11.8. The molecule has 0 spiro atoms. The van der Waals surface area contributed by atoms with Gasteiger partial charge in [-0.3, -0.25) is 0 Å². The predicted octanol–water partition coefficient (Wildman–Crippen LogP) is 3.33. The molecule has 0 saturated carbocycles. The molecular weight excluding hydrogens is 405 g/mol. The number of hydrogen-bond donors (Lipinski definition) is 2. The number of nitrogens with one attached hydrogen (secondary N) is 2. The lowest BCUT2D eigenvalue weighted by Gasteiger charge is -2.21. The Kier molecular flexibility index (Phi) is 7.74. The van der Waals surface area contributed by atoms with Crippen LogP contribution in [-0.2, 0) is 6.54 Å². The highest BCUT2D eigenvalue weighted by Crippen LogP contribution is 2.21. The quantitative estimate of drug-likeness (QED) is 0.532. The van der Waals surface area contributed by atoms with Crippen molar-refractivity contribution in [3.63, 3.8) is 0 Å². The van der Waals surface area contributed by atoms with Crippen molar-refractivity contribution in [2.24, 2.45) is 4.99 Å². The number of anilines is 2. The summed E-state index contributed by atoms with van der Waals surface area (Å²) in [6.45, 7) is 7.06. The van der Waals surface area contributed by atoms with E-state index >= 15 is 0 Å². The summed E-state index contributed by atoms with van der Waals surface area (Å²) in [6, 6.07) is 7.52. The van der Waals surface area contributed by atoms with E-state index in [1.807, 2.05) is 11.1 Å². The van der Waals surface area contributed by atoms with Crippen molar-refractivity contribution in [2.75, 3.05) is 42.5 Å². The van der Waals surface area contributed by atoms with E-state index in [1.54, 1.807) is 12.3 Å². The van der Waals surface area contributed by atoms with E-state index in [0.29, 0.717) is 18.9 Å². The number of rotatable bonds is 6. The number of halogens is 1. The number of nitrogens with zero attached hydrogens (tertiary/aromatic N) is 5. The van der Waals surface area contributed by atoms with Gasteiger partial charge in [0.1, 0.15) is 5.82 Å². The standard InChI is InChI=1S/C24H34FN7/c1-2-26-24(30-20-11-15-32(18-20)23-21(25)8-7-12-27-23)29-17-19-9-10-22(28-16-19)31-13-5-3-4-6-14-31/h7-10,12,16,20H,2-6,11,13-15,17-18H2,1H3,(H2,26,29,30). The molecule has 2 saturated heterocycles. The van der Waals surface area contributed by atoms with Crippen LogP contribution < -0.4 is 20.4 Å². The first kappa shape index (κ1) is 22.3. The van der Waals surface area contributed by atoms with Gasteiger partial charge in [-0.2, -0.15) is 0 Å². The first-order valence-electron chi connectivity index (χ1n) is 11.8. The van der Waals surface area contributed by atoms with Crippen LogP contribution in [0.15, 0.2) is 41.7 Å². The summed E-state index contributed by atoms with van der Waals surface area (Å²) in [5, 5.41) is 6.81. The second-order valence-electron chi connectivity index (χ2n) is 8.51. The Morgan fingerprint density at radius 3 is 2.66 bits per heavy atom. The van der Waals surface area contributed by atoms with Gasteiger partial charge in [0.15, 0.2) is 17.6 Å². The molecule has 4 heterocycles. The molecule has 0 bridgehead atoms. The Balaban J connectivity index is 1.33. The summed E-state index contributed by atoms with van der Waals surface area (Å²) in [4.78, 5) is 18.0. The van der Waals surface area contributed by atoms with Crippen molar-refractivity contribution in [2.45, 2.75) is 51.6 Å². The van der Waals surface area contributed by atoms with Crippen LogP contribution in [0, 0.1) is 5.82 Å². The Hall–Kier alpha value is -2.90. The molecule has 2 N–H and O–H groups in total. The monoisotopic (exact) mass is 439 g/mol. The third-order valence-corrected chi connectivity index (χ3v) is 6.07. The minimum atomic E-state index is -0.273. The Bertz CT molecular complexity index is 878. The fraction of sp³-hybridized carbons (Fsp3) is 0.542. The first-order chi connectivity index (χ1) is 15.7. The maximum Gasteiger partial charge on any atom is 0.191 e. The van der Waals surface area contributed by atoms with E-state index in [-0.39, 0.29) is 11.9 Å². The SMILES string of the molecule is CCNC(=NCc1ccc(N2CCCCCC2)nc1)NC1CCN(c2ncccc2F)C1. The lowest BCUT2D eigenvalue weighted by atomic mass is 10.2. The third kappa shape index (κ3) is 5.87. The second kappa shape index (κ2) is 11.1. The maximum absolute atomic E-state index is 14.1. The molecule has 4 rings (SSSR count). The van der Waals surface area contributed by atoms with Gasteiger partial charge >= 0.3 is 0 Å². The van der Waals surface area contributed by atoms with Gasteiger partial charge in [0, 0.05) is 51.2 Å². The fourth-order valence-electron chi connectivity index (χ4n) is 4.36. The molecule has 32 heavy (non-hydrogen) atoms. The van der Waals surface area contributed by atoms with Crippen molar-refractivity contribution in [1.82, 2.24) is 20.6 Å². The highest BCUT2D eigenvalue weighted by molar-refractivity contribution is 5.80. The van der Waals surface area contributed by atoms with E-state index in [9.17, 15) is 4.39 Å². The molecule has 2 aromatic rings. The summed E-state index contributed by atoms with van der Waals surface area (Å²) in [5.41, 5.74) is 1.09. The van der Waals surface area contributed by atoms with Crippen LogP contribution in [0.4, 0.5) is 16.0 Å². The zero-order valence-corrected chi connectivity index (χ0v) is 18.9. The van der Waals surface area contributed by atoms with Crippen molar-refractivity contribution < 1.29 is 4.39 Å². The average Bonchev–Trinajstić information content (AvgIpc) is 3.10. The van der Waals surface area contributed by atoms with E-state index in [1.165, 1.54) is 31.7 Å². The maximum atomic E-state index is 14.1. The van der Waals surface area contributed by atoms with Gasteiger partial charge in [0.25, 0.3) is 0 Å². The van der Waals surface area contributed by atoms with Crippen LogP contribution >= 0.6 is 0 Å². The van der Waals surface area contributed by atoms with Crippen molar-refractivity contribution in [3.05, 3.63) is 48.0 Å². The zero-order valence-electron chi connectivity index (χ0n) is 18.9. The fourth-order valence-corrected chi connectivity index (χ4v) is 4.36. The summed E-state index contributed by atoms with van der Waals surface area (Å²) in [5.74, 6) is 1.99. The molecule has 0 aromatic carbocycles. The highest BCUT2D eigenvalue weighted by Gasteiger charge is 2.26. The number of aliphatic imine (C=N–C) groups is 1. The second-order valence-corrected chi connectivity index (χ2v) is 8.51. The molecule has 2 aliphatic heterocycles. The van der Waals surface area contributed by atoms with Crippen LogP contribution in [0.5, 0.6) is 0 Å². The Morgan fingerprint density at radius 2 is 1.94 bits per heavy atom. The van der Waals surface area contributed by atoms with Gasteiger partial charge < -0.3 is 20.4 Å². The summed E-state index contributed by atoms with van der Waals surface area (Å²) >= 11 is 0. The Labute approximate surface area is 190 Å². The number of hydrogen-bond acceptors (Lipinski definition) is 5. The van der Waals surface area contributed by atoms with Crippen molar-refractivity contribution in [3.8, 4) is 0 Å². The van der Waals surface area contributed by atoms with Crippen LogP contribution in [0.2, 0.25) is 0 Å². The van der Waals surface area contributed by atoms with Crippen LogP contribution in [0.1, 0.15) is 44.6 Å². The predicted molar refractivity (Wildman–Crippen MR) is 128 cm³/mol. The molecule has 0 aliphatic carbocycles. The zero-order chi connectivity index (χ0) is 22.2. The lowest BCUT2D eigenvalue weighted by molar-refractivity contribution is 0.612. The van der Waals surface area contributed by atoms with Crippen LogP contribution in [0.25, 0.3) is 0 Å². The molecule has 172 valence electrons. The largest absolute Gasteiger partial charge is 0.357 e. The van der Waals surface area contributed by atoms with Gasteiger partial charge in [-0.25, -0.2) is 19.4 Å². The molecule has 2 aromatic heterocycles. The topological polar surface area (TPSA) is 68.7 Å². The Morgan fingerprint density at radius 1 is 1.09 bits per heavy atom. The molecular formula is C24H34FN7. The molecule has 1 unspecified atom stereocenters. The summed E-state index contributed by atoms with van der Waals surface area (Å²) in [7, 11) is 0. The number of aromatic nitrogens is 2. The van der Waals surface area contributed by atoms with Gasteiger partial charge in [0.2, 0.25) is 0 Å². The minimum absolute atomic E-state index is 0.192. The van der Waals surface area contributed by atoms with E-state index in [2.05, 4.69) is 44.6 Å². The van der Waals surface area contributed by atoms with E-state index in [0.717, 1.165) is 49.9 Å². The number of pyridine rings is 2. The molecule has 0 radical (unpaired) electrons. The average molecular weight is 440 g/mol. The van der Waals surface area contributed by atoms with Crippen LogP contribution in [0.3, 0.4) is 0 Å². The van der Waals surface area contributed by atoms with Crippen LogP contribution in [-0.4, -0.2) is 54.7 Å². The number of guanidine groups is 1. The van der Waals surface area contributed by atoms with Gasteiger partial charge in [-0.15, -0.1) is 0 Å². The summed E-state index contributed by atoms with van der Waals surface area (Å²) < 4.78 is 14.1. The normalized spacial score (nSPS) is 19.7. The summed E-state index contributed by atoms with van der Waals surface area (Å²) in [6.07, 6.45) is 9.62. The van der Waals surface area contributed by atoms with Gasteiger partial charge in [-0.05, 0) is 49.9 Å². The van der Waals surface area contributed by atoms with Crippen molar-refractivity contribution >= 4 is 17.6 Å². The van der Waals surface area contributed by atoms with E-state index in [4.69, 9.17) is 4.99 Å². The molecule has 2 fully saturated rings. The minimum Gasteiger partial charge on any atom is -0.357 e. The van der Waals surface area contributed by atoms with Gasteiger partial charge in [0.05, 0.1) is 6.54 Å². The molecule has 8 heteroatoms.